The van der Waals surface area contributed by atoms with Crippen LogP contribution in [0.1, 0.15) is 63.8 Å². The first kappa shape index (κ1) is 47.4. The number of nitrogens with two attached hydrogens (primary N) is 1. The molecule has 0 saturated heterocycles. The van der Waals surface area contributed by atoms with Crippen LogP contribution in [0.5, 0.6) is 0 Å². The molecule has 62 heavy (non-hydrogen) atoms. The van der Waals surface area contributed by atoms with Crippen molar-refractivity contribution in [1.29, 1.82) is 0 Å². The second-order valence-corrected chi connectivity index (χ2v) is 16.1. The van der Waals surface area contributed by atoms with Crippen molar-refractivity contribution in [3.8, 4) is 34.0 Å². The van der Waals surface area contributed by atoms with Crippen LogP contribution in [0.25, 0.3) is 34.0 Å². The van der Waals surface area contributed by atoms with Crippen molar-refractivity contribution < 1.29 is 47.9 Å². The zero-order valence-electron chi connectivity index (χ0n) is 36.5. The maximum absolute atomic E-state index is 12.6. The molecule has 4 aromatic carbocycles. The molecule has 0 unspecified atom stereocenters. The van der Waals surface area contributed by atoms with Crippen LogP contribution < -0.4 is 5.73 Å². The number of rotatable bonds is 12. The molecule has 0 aliphatic rings. The summed E-state index contributed by atoms with van der Waals surface area (Å²) in [5.41, 5.74) is 11.3. The molecular weight excluding hydrogens is 797 g/mol. The fourth-order valence-corrected chi connectivity index (χ4v) is 5.51. The largest absolute Gasteiger partial charge is 0.468 e. The molecule has 1 aromatic heterocycles. The highest BCUT2D eigenvalue weighted by molar-refractivity contribution is 5.97. The van der Waals surface area contributed by atoms with Gasteiger partial charge in [-0.05, 0) is 82.9 Å². The lowest BCUT2D eigenvalue weighted by molar-refractivity contribution is -0.142. The van der Waals surface area contributed by atoms with Gasteiger partial charge in [-0.15, -0.1) is 0 Å². The predicted molar refractivity (Wildman–Crippen MR) is 232 cm³/mol. The van der Waals surface area contributed by atoms with Gasteiger partial charge in [0.05, 0.1) is 14.2 Å². The molecule has 0 radical (unpaired) electrons. The first-order valence-electron chi connectivity index (χ1n) is 19.5. The number of oxime groups is 1. The van der Waals surface area contributed by atoms with Gasteiger partial charge in [0, 0.05) is 29.8 Å². The molecule has 16 nitrogen and oxygen atoms in total. The number of ether oxygens (including phenoxy) is 4. The van der Waals surface area contributed by atoms with Gasteiger partial charge in [0.1, 0.15) is 24.3 Å². The third kappa shape index (κ3) is 14.8. The van der Waals surface area contributed by atoms with E-state index in [1.54, 1.807) is 65.8 Å². The Morgan fingerprint density at radius 2 is 1.05 bits per heavy atom. The fourth-order valence-electron chi connectivity index (χ4n) is 5.51. The van der Waals surface area contributed by atoms with E-state index in [0.717, 1.165) is 33.4 Å². The first-order chi connectivity index (χ1) is 29.3. The fraction of sp³-hybridized carbons (Fsp3) is 0.326. The zero-order chi connectivity index (χ0) is 45.6. The molecule has 0 atom stereocenters. The van der Waals surface area contributed by atoms with Gasteiger partial charge < -0.3 is 34.4 Å². The molecule has 5 rings (SSSR count). The molecule has 0 fully saturated rings. The van der Waals surface area contributed by atoms with E-state index in [1.165, 1.54) is 29.6 Å². The molecule has 16 heteroatoms. The van der Waals surface area contributed by atoms with Crippen molar-refractivity contribution in [2.75, 3.05) is 27.3 Å². The molecule has 0 spiro atoms. The topological polar surface area (TPSA) is 209 Å². The van der Waals surface area contributed by atoms with Gasteiger partial charge in [-0.2, -0.15) is 4.98 Å². The van der Waals surface area contributed by atoms with Crippen LogP contribution in [0.2, 0.25) is 0 Å². The standard InChI is InChI=1S/C30H31N3O5.C16H23N3O5/c1-20-6-10-22(11-7-20)23-14-16-25(17-15-23)28-31-27(32-38-28)24-12-8-21(9-13-24)18-33(19-26(34)36-5)29(35)37-30(2,3)4;1-16(2,3)24-15(21)19(10-13(20)23-4)9-11-5-7-12(8-6-11)14(17)18-22/h6-17H,18-19H2,1-5H3;5-8,22H,9-10H2,1-4H3,(H2,17,18). The van der Waals surface area contributed by atoms with Crippen LogP contribution in [-0.4, -0.2) is 93.6 Å². The van der Waals surface area contributed by atoms with Gasteiger partial charge >= 0.3 is 24.1 Å². The molecule has 0 aliphatic carbocycles. The van der Waals surface area contributed by atoms with E-state index < -0.39 is 35.3 Å². The van der Waals surface area contributed by atoms with Crippen LogP contribution in [0, 0.1) is 6.92 Å². The number of benzene rings is 4. The van der Waals surface area contributed by atoms with E-state index >= 15 is 0 Å². The van der Waals surface area contributed by atoms with Gasteiger partial charge in [-0.3, -0.25) is 19.4 Å². The molecule has 1 heterocycles. The first-order valence-corrected chi connectivity index (χ1v) is 19.5. The van der Waals surface area contributed by atoms with Crippen molar-refractivity contribution in [3.63, 3.8) is 0 Å². The summed E-state index contributed by atoms with van der Waals surface area (Å²) in [4.78, 5) is 55.4. The Bertz CT molecular complexity index is 2290. The van der Waals surface area contributed by atoms with Crippen molar-refractivity contribution in [3.05, 3.63) is 119 Å². The Labute approximate surface area is 361 Å². The van der Waals surface area contributed by atoms with Crippen LogP contribution in [0.3, 0.4) is 0 Å². The second kappa shape index (κ2) is 21.3. The van der Waals surface area contributed by atoms with E-state index in [2.05, 4.69) is 51.2 Å². The van der Waals surface area contributed by atoms with Gasteiger partial charge in [0.15, 0.2) is 5.84 Å². The number of hydrogen-bond donors (Lipinski definition) is 2. The van der Waals surface area contributed by atoms with Crippen LogP contribution in [-0.2, 0) is 41.6 Å². The number of aryl methyl sites for hydroxylation is 1. The molecule has 5 aromatic rings. The summed E-state index contributed by atoms with van der Waals surface area (Å²) in [6, 6.07) is 30.5. The summed E-state index contributed by atoms with van der Waals surface area (Å²) in [7, 11) is 2.53. The molecule has 0 aliphatic heterocycles. The Hall–Kier alpha value is -7.23. The van der Waals surface area contributed by atoms with E-state index in [0.29, 0.717) is 17.3 Å². The Kier molecular flexibility index (Phi) is 16.3. The molecule has 0 saturated carbocycles. The average Bonchev–Trinajstić information content (AvgIpc) is 3.73. The normalized spacial score (nSPS) is 11.4. The number of carbonyl (C=O) groups is 4. The molecular formula is C46H54N6O10. The molecule has 2 amide bonds. The number of hydrogen-bond acceptors (Lipinski definition) is 13. The summed E-state index contributed by atoms with van der Waals surface area (Å²) in [6.45, 7) is 12.5. The molecule has 0 bridgehead atoms. The number of carbonyl (C=O) groups excluding carboxylic acids is 4. The van der Waals surface area contributed by atoms with E-state index in [-0.39, 0.29) is 32.0 Å². The second-order valence-electron chi connectivity index (χ2n) is 16.1. The smallest absolute Gasteiger partial charge is 0.411 e. The highest BCUT2D eigenvalue weighted by atomic mass is 16.6. The quantitative estimate of drug-likeness (QED) is 0.0305. The predicted octanol–water partition coefficient (Wildman–Crippen LogP) is 7.98. The van der Waals surface area contributed by atoms with E-state index in [4.69, 9.17) is 29.7 Å². The average molecular weight is 851 g/mol. The molecule has 3 N–H and O–H groups in total. The minimum Gasteiger partial charge on any atom is -0.468 e. The highest BCUT2D eigenvalue weighted by Crippen LogP contribution is 2.27. The van der Waals surface area contributed by atoms with Crippen molar-refractivity contribution >= 4 is 30.0 Å². The minimum atomic E-state index is -0.688. The van der Waals surface area contributed by atoms with Gasteiger partial charge in [0.25, 0.3) is 5.89 Å². The Morgan fingerprint density at radius 1 is 0.645 bits per heavy atom. The van der Waals surface area contributed by atoms with Crippen LogP contribution >= 0.6 is 0 Å². The summed E-state index contributed by atoms with van der Waals surface area (Å²) in [6.07, 6.45) is -1.21. The Morgan fingerprint density at radius 3 is 1.47 bits per heavy atom. The summed E-state index contributed by atoms with van der Waals surface area (Å²) in [5.74, 6) is -0.214. The number of esters is 2. The van der Waals surface area contributed by atoms with E-state index in [1.807, 2.05) is 48.5 Å². The number of amides is 2. The van der Waals surface area contributed by atoms with Crippen molar-refractivity contribution in [1.82, 2.24) is 19.9 Å². The Balaban J connectivity index is 0.000000304. The molecule has 328 valence electrons. The van der Waals surface area contributed by atoms with Crippen molar-refractivity contribution in [2.45, 2.75) is 72.8 Å². The lowest BCUT2D eigenvalue weighted by atomic mass is 10.0. The van der Waals surface area contributed by atoms with E-state index in [9.17, 15) is 19.2 Å². The number of methoxy groups -OCH3 is 2. The van der Waals surface area contributed by atoms with Gasteiger partial charge in [0.2, 0.25) is 5.82 Å². The van der Waals surface area contributed by atoms with Gasteiger partial charge in [-0.1, -0.05) is 101 Å². The summed E-state index contributed by atoms with van der Waals surface area (Å²) >= 11 is 0. The monoisotopic (exact) mass is 850 g/mol. The highest BCUT2D eigenvalue weighted by Gasteiger charge is 2.26. The van der Waals surface area contributed by atoms with Crippen LogP contribution in [0.4, 0.5) is 9.59 Å². The minimum absolute atomic E-state index is 0.0138. The van der Waals surface area contributed by atoms with Crippen LogP contribution in [0.15, 0.2) is 107 Å². The number of aromatic nitrogens is 2. The SMILES string of the molecule is COC(=O)CN(Cc1ccc(-c2noc(-c3ccc(-c4ccc(C)cc4)cc3)n2)cc1)C(=O)OC(C)(C)C.COC(=O)CN(Cc1ccc(C(N)=NO)cc1)C(=O)OC(C)(C)C. The summed E-state index contributed by atoms with van der Waals surface area (Å²) < 4.78 is 25.6. The maximum Gasteiger partial charge on any atom is 0.411 e. The third-order valence-corrected chi connectivity index (χ3v) is 8.66. The maximum atomic E-state index is 12.6. The third-order valence-electron chi connectivity index (χ3n) is 8.66. The van der Waals surface area contributed by atoms with Crippen molar-refractivity contribution in [2.24, 2.45) is 10.9 Å². The number of nitrogens with zero attached hydrogens (tertiary/aromatic N) is 5. The zero-order valence-corrected chi connectivity index (χ0v) is 36.5. The van der Waals surface area contributed by atoms with Gasteiger partial charge in [-0.25, -0.2) is 9.59 Å². The lowest BCUT2D eigenvalue weighted by Crippen LogP contribution is -2.39. The summed E-state index contributed by atoms with van der Waals surface area (Å²) in [5, 5.41) is 15.7. The lowest BCUT2D eigenvalue weighted by Gasteiger charge is -2.26. The number of amidine groups is 1.